The number of ether oxygens (including phenoxy) is 2. The number of morpholine rings is 1. The van der Waals surface area contributed by atoms with Crippen molar-refractivity contribution in [1.29, 1.82) is 0 Å². The van der Waals surface area contributed by atoms with Gasteiger partial charge in [0.25, 0.3) is 0 Å². The molecule has 4 nitrogen and oxygen atoms in total. The Morgan fingerprint density at radius 1 is 1.07 bits per heavy atom. The first-order valence-corrected chi connectivity index (χ1v) is 10.4. The van der Waals surface area contributed by atoms with E-state index in [1.165, 1.54) is 5.56 Å². The van der Waals surface area contributed by atoms with Crippen LogP contribution < -0.4 is 4.74 Å². The van der Waals surface area contributed by atoms with Crippen LogP contribution >= 0.6 is 0 Å². The predicted octanol–water partition coefficient (Wildman–Crippen LogP) is 4.34. The minimum Gasteiger partial charge on any atom is -0.494 e. The van der Waals surface area contributed by atoms with Crippen LogP contribution in [0.5, 0.6) is 5.75 Å². The predicted molar refractivity (Wildman–Crippen MR) is 110 cm³/mol. The first-order valence-electron chi connectivity index (χ1n) is 10.4. The molecule has 0 aromatic heterocycles. The minimum absolute atomic E-state index is 0.0624. The molecule has 148 valence electrons. The lowest BCUT2D eigenvalue weighted by Crippen LogP contribution is -2.57. The number of hydrogen-bond acceptors (Lipinski definition) is 4. The zero-order valence-electron chi connectivity index (χ0n) is 16.5. The van der Waals surface area contributed by atoms with E-state index in [-0.39, 0.29) is 11.7 Å². The number of benzene rings is 2. The summed E-state index contributed by atoms with van der Waals surface area (Å²) in [5, 5.41) is 0. The molecule has 2 aliphatic rings. The van der Waals surface area contributed by atoms with E-state index < -0.39 is 0 Å². The van der Waals surface area contributed by atoms with Crippen LogP contribution in [-0.4, -0.2) is 42.6 Å². The molecule has 2 aliphatic heterocycles. The van der Waals surface area contributed by atoms with Crippen molar-refractivity contribution in [3.05, 3.63) is 65.7 Å². The first-order chi connectivity index (χ1) is 13.7. The van der Waals surface area contributed by atoms with Gasteiger partial charge in [-0.25, -0.2) is 0 Å². The number of hydrogen-bond donors (Lipinski definition) is 0. The van der Waals surface area contributed by atoms with E-state index in [9.17, 15) is 4.79 Å². The average molecular weight is 380 g/mol. The smallest absolute Gasteiger partial charge is 0.166 e. The Morgan fingerprint density at radius 3 is 2.54 bits per heavy atom. The van der Waals surface area contributed by atoms with E-state index in [0.717, 1.165) is 37.1 Å². The molecule has 28 heavy (non-hydrogen) atoms. The third-order valence-electron chi connectivity index (χ3n) is 5.84. The summed E-state index contributed by atoms with van der Waals surface area (Å²) in [5.74, 6) is 1.10. The molecule has 0 aliphatic carbocycles. The third-order valence-corrected chi connectivity index (χ3v) is 5.84. The van der Waals surface area contributed by atoms with Crippen molar-refractivity contribution in [3.63, 3.8) is 0 Å². The van der Waals surface area contributed by atoms with Gasteiger partial charge in [0.05, 0.1) is 19.8 Å². The fourth-order valence-corrected chi connectivity index (χ4v) is 4.45. The summed E-state index contributed by atoms with van der Waals surface area (Å²) in [6.45, 7) is 5.12. The van der Waals surface area contributed by atoms with Gasteiger partial charge in [-0.1, -0.05) is 49.4 Å². The highest BCUT2D eigenvalue weighted by molar-refractivity contribution is 5.98. The summed E-state index contributed by atoms with van der Waals surface area (Å²) in [6, 6.07) is 18.9. The van der Waals surface area contributed by atoms with E-state index in [0.29, 0.717) is 31.9 Å². The summed E-state index contributed by atoms with van der Waals surface area (Å²) in [4.78, 5) is 15.8. The molecular formula is C24H29NO3. The molecule has 0 N–H and O–H groups in total. The van der Waals surface area contributed by atoms with E-state index in [1.807, 2.05) is 24.3 Å². The topological polar surface area (TPSA) is 38.8 Å². The maximum Gasteiger partial charge on any atom is 0.166 e. The lowest BCUT2D eigenvalue weighted by Gasteiger charge is -2.48. The molecule has 2 unspecified atom stereocenters. The van der Waals surface area contributed by atoms with Gasteiger partial charge < -0.3 is 9.47 Å². The van der Waals surface area contributed by atoms with Crippen LogP contribution in [0.3, 0.4) is 0 Å². The van der Waals surface area contributed by atoms with Crippen molar-refractivity contribution in [2.45, 2.75) is 44.8 Å². The lowest BCUT2D eigenvalue weighted by molar-refractivity contribution is -0.0872. The lowest BCUT2D eigenvalue weighted by atomic mass is 9.80. The molecule has 0 radical (unpaired) electrons. The van der Waals surface area contributed by atoms with E-state index in [4.69, 9.17) is 9.47 Å². The summed E-state index contributed by atoms with van der Waals surface area (Å²) < 4.78 is 11.5. The van der Waals surface area contributed by atoms with Crippen LogP contribution in [0, 0.1) is 5.92 Å². The summed E-state index contributed by atoms with van der Waals surface area (Å²) in [6.07, 6.45) is 2.69. The van der Waals surface area contributed by atoms with Crippen molar-refractivity contribution < 1.29 is 14.3 Å². The number of piperidine rings is 1. The Kier molecular flexibility index (Phi) is 6.08. The standard InChI is InChI=1S/C24H29NO3/c1-2-11-28-23-10-6-9-19(14-23)24(26)20-12-21-16-27-17-22(13-20)25(21)15-18-7-4-3-5-8-18/h3-10,14,20-22H,2,11-13,15-17H2,1H3. The molecule has 2 atom stereocenters. The second kappa shape index (κ2) is 8.89. The van der Waals surface area contributed by atoms with Crippen molar-refractivity contribution in [2.24, 2.45) is 5.92 Å². The van der Waals surface area contributed by atoms with Crippen LogP contribution in [0.2, 0.25) is 0 Å². The van der Waals surface area contributed by atoms with Gasteiger partial charge in [0, 0.05) is 30.1 Å². The number of rotatable bonds is 7. The normalized spacial score (nSPS) is 24.7. The van der Waals surface area contributed by atoms with E-state index in [2.05, 4.69) is 42.2 Å². The van der Waals surface area contributed by atoms with Gasteiger partial charge in [0.1, 0.15) is 5.75 Å². The van der Waals surface area contributed by atoms with Crippen LogP contribution in [0.1, 0.15) is 42.1 Å². The molecule has 2 aromatic carbocycles. The number of carbonyl (C=O) groups excluding carboxylic acids is 1. The summed E-state index contributed by atoms with van der Waals surface area (Å²) in [5.41, 5.74) is 2.10. The maximum absolute atomic E-state index is 13.2. The van der Waals surface area contributed by atoms with Crippen LogP contribution in [0.15, 0.2) is 54.6 Å². The largest absolute Gasteiger partial charge is 0.494 e. The second-order valence-corrected chi connectivity index (χ2v) is 7.91. The molecule has 2 heterocycles. The monoisotopic (exact) mass is 379 g/mol. The van der Waals surface area contributed by atoms with Gasteiger partial charge in [-0.05, 0) is 37.0 Å². The molecule has 4 heteroatoms. The Balaban J connectivity index is 1.45. The third kappa shape index (κ3) is 4.29. The van der Waals surface area contributed by atoms with Crippen LogP contribution in [0.4, 0.5) is 0 Å². The number of ketones is 1. The molecule has 2 bridgehead atoms. The fourth-order valence-electron chi connectivity index (χ4n) is 4.45. The number of fused-ring (bicyclic) bond motifs is 2. The number of nitrogens with zero attached hydrogens (tertiary/aromatic N) is 1. The number of carbonyl (C=O) groups is 1. The summed E-state index contributed by atoms with van der Waals surface area (Å²) >= 11 is 0. The van der Waals surface area contributed by atoms with Crippen molar-refractivity contribution in [1.82, 2.24) is 4.90 Å². The van der Waals surface area contributed by atoms with Gasteiger partial charge in [-0.15, -0.1) is 0 Å². The Labute approximate surface area is 167 Å². The van der Waals surface area contributed by atoms with Gasteiger partial charge in [-0.3, -0.25) is 9.69 Å². The second-order valence-electron chi connectivity index (χ2n) is 7.91. The fraction of sp³-hybridized carbons (Fsp3) is 0.458. The highest BCUT2D eigenvalue weighted by Crippen LogP contribution is 2.35. The minimum atomic E-state index is 0.0624. The number of Topliss-reactive ketones (excluding diaryl/α,β-unsaturated/α-hetero) is 1. The van der Waals surface area contributed by atoms with Crippen molar-refractivity contribution in [2.75, 3.05) is 19.8 Å². The van der Waals surface area contributed by atoms with Crippen molar-refractivity contribution in [3.8, 4) is 5.75 Å². The molecule has 0 saturated carbocycles. The van der Waals surface area contributed by atoms with Gasteiger partial charge >= 0.3 is 0 Å². The average Bonchev–Trinajstić information content (AvgIpc) is 2.72. The molecule has 0 amide bonds. The van der Waals surface area contributed by atoms with E-state index in [1.54, 1.807) is 0 Å². The highest BCUT2D eigenvalue weighted by atomic mass is 16.5. The zero-order chi connectivity index (χ0) is 19.3. The quantitative estimate of drug-likeness (QED) is 0.671. The molecule has 2 saturated heterocycles. The van der Waals surface area contributed by atoms with Crippen LogP contribution in [0.25, 0.3) is 0 Å². The Morgan fingerprint density at radius 2 is 1.82 bits per heavy atom. The summed E-state index contributed by atoms with van der Waals surface area (Å²) in [7, 11) is 0. The Hall–Kier alpha value is -2.17. The molecule has 2 fully saturated rings. The first kappa shape index (κ1) is 19.2. The van der Waals surface area contributed by atoms with E-state index >= 15 is 0 Å². The van der Waals surface area contributed by atoms with Crippen molar-refractivity contribution >= 4 is 5.78 Å². The highest BCUT2D eigenvalue weighted by Gasteiger charge is 2.41. The molecule has 2 aromatic rings. The molecule has 0 spiro atoms. The van der Waals surface area contributed by atoms with Gasteiger partial charge in [-0.2, -0.15) is 0 Å². The maximum atomic E-state index is 13.2. The van der Waals surface area contributed by atoms with Gasteiger partial charge in [0.15, 0.2) is 5.78 Å². The Bertz CT molecular complexity index is 777. The van der Waals surface area contributed by atoms with Crippen LogP contribution in [-0.2, 0) is 11.3 Å². The molecule has 4 rings (SSSR count). The zero-order valence-corrected chi connectivity index (χ0v) is 16.5. The van der Waals surface area contributed by atoms with Gasteiger partial charge in [0.2, 0.25) is 0 Å². The SMILES string of the molecule is CCCOc1cccc(C(=O)C2CC3COCC(C2)N3Cc2ccccc2)c1. The molecular weight excluding hydrogens is 350 g/mol.